The highest BCUT2D eigenvalue weighted by molar-refractivity contribution is 7.12. The van der Waals surface area contributed by atoms with Gasteiger partial charge in [0.25, 0.3) is 0 Å². The summed E-state index contributed by atoms with van der Waals surface area (Å²) in [5.74, 6) is 0.871. The summed E-state index contributed by atoms with van der Waals surface area (Å²) in [6, 6.07) is 3.22. The van der Waals surface area contributed by atoms with Crippen LogP contribution in [0.4, 0.5) is 0 Å². The zero-order valence-electron chi connectivity index (χ0n) is 10.8. The van der Waals surface area contributed by atoms with E-state index in [1.807, 2.05) is 11.3 Å². The van der Waals surface area contributed by atoms with Gasteiger partial charge in [0.1, 0.15) is 0 Å². The van der Waals surface area contributed by atoms with Crippen LogP contribution in [0.15, 0.2) is 6.07 Å². The van der Waals surface area contributed by atoms with E-state index in [1.54, 1.807) is 15.3 Å². The first kappa shape index (κ1) is 11.7. The largest absolute Gasteiger partial charge is 0.309 e. The molecular weight excluding hydrogens is 226 g/mol. The highest BCUT2D eigenvalue weighted by Gasteiger charge is 2.21. The summed E-state index contributed by atoms with van der Waals surface area (Å²) in [7, 11) is 0. The molecule has 2 aliphatic carbocycles. The van der Waals surface area contributed by atoms with Crippen LogP contribution in [0.3, 0.4) is 0 Å². The fraction of sp³-hybridized carbons (Fsp3) is 0.733. The summed E-state index contributed by atoms with van der Waals surface area (Å²) >= 11 is 2.05. The monoisotopic (exact) mass is 249 g/mol. The van der Waals surface area contributed by atoms with Gasteiger partial charge in [0, 0.05) is 22.3 Å². The Morgan fingerprint density at radius 1 is 1.24 bits per heavy atom. The van der Waals surface area contributed by atoms with Crippen molar-refractivity contribution in [3.63, 3.8) is 0 Å². The smallest absolute Gasteiger partial charge is 0.0302 e. The SMILES string of the molecule is CC1CCCCC1NCc1cc2c(s1)CCC2. The van der Waals surface area contributed by atoms with Crippen molar-refractivity contribution in [1.82, 2.24) is 5.32 Å². The van der Waals surface area contributed by atoms with Gasteiger partial charge in [-0.2, -0.15) is 0 Å². The molecule has 17 heavy (non-hydrogen) atoms. The number of fused-ring (bicyclic) bond motifs is 1. The van der Waals surface area contributed by atoms with Crippen LogP contribution in [0.25, 0.3) is 0 Å². The van der Waals surface area contributed by atoms with Crippen molar-refractivity contribution in [3.8, 4) is 0 Å². The summed E-state index contributed by atoms with van der Waals surface area (Å²) in [5.41, 5.74) is 1.64. The molecule has 1 N–H and O–H groups in total. The van der Waals surface area contributed by atoms with Crippen molar-refractivity contribution >= 4 is 11.3 Å². The lowest BCUT2D eigenvalue weighted by atomic mass is 9.86. The van der Waals surface area contributed by atoms with E-state index < -0.39 is 0 Å². The van der Waals surface area contributed by atoms with Crippen LogP contribution in [0.2, 0.25) is 0 Å². The molecule has 0 spiro atoms. The molecule has 2 aliphatic rings. The maximum atomic E-state index is 3.79. The van der Waals surface area contributed by atoms with Crippen LogP contribution in [0, 0.1) is 5.92 Å². The van der Waals surface area contributed by atoms with Crippen LogP contribution in [0.5, 0.6) is 0 Å². The molecule has 0 aromatic carbocycles. The Bertz CT molecular complexity index is 361. The summed E-state index contributed by atoms with van der Waals surface area (Å²) in [6.07, 6.45) is 9.69. The van der Waals surface area contributed by atoms with E-state index in [4.69, 9.17) is 0 Å². The first-order valence-electron chi connectivity index (χ1n) is 7.17. The molecule has 1 aromatic rings. The van der Waals surface area contributed by atoms with Crippen molar-refractivity contribution in [1.29, 1.82) is 0 Å². The first-order valence-corrected chi connectivity index (χ1v) is 7.98. The highest BCUT2D eigenvalue weighted by Crippen LogP contribution is 2.31. The molecule has 2 unspecified atom stereocenters. The molecule has 1 heterocycles. The van der Waals surface area contributed by atoms with Crippen LogP contribution in [0.1, 0.15) is 54.3 Å². The lowest BCUT2D eigenvalue weighted by Gasteiger charge is -2.29. The maximum Gasteiger partial charge on any atom is 0.0302 e. The highest BCUT2D eigenvalue weighted by atomic mass is 32.1. The van der Waals surface area contributed by atoms with Gasteiger partial charge in [-0.3, -0.25) is 0 Å². The minimum Gasteiger partial charge on any atom is -0.309 e. The predicted octanol–water partition coefficient (Wildman–Crippen LogP) is 3.91. The van der Waals surface area contributed by atoms with Crippen molar-refractivity contribution in [3.05, 3.63) is 21.4 Å². The normalized spacial score (nSPS) is 28.3. The molecule has 94 valence electrons. The van der Waals surface area contributed by atoms with E-state index >= 15 is 0 Å². The number of hydrogen-bond acceptors (Lipinski definition) is 2. The van der Waals surface area contributed by atoms with E-state index in [1.165, 1.54) is 44.9 Å². The van der Waals surface area contributed by atoms with Crippen LogP contribution >= 0.6 is 11.3 Å². The number of rotatable bonds is 3. The zero-order valence-corrected chi connectivity index (χ0v) is 11.6. The minimum atomic E-state index is 0.765. The molecule has 0 amide bonds. The summed E-state index contributed by atoms with van der Waals surface area (Å²) in [5, 5.41) is 3.79. The van der Waals surface area contributed by atoms with Crippen LogP contribution in [-0.2, 0) is 19.4 Å². The van der Waals surface area contributed by atoms with Crippen LogP contribution in [-0.4, -0.2) is 6.04 Å². The number of aryl methyl sites for hydroxylation is 2. The predicted molar refractivity (Wildman–Crippen MR) is 74.6 cm³/mol. The standard InChI is InChI=1S/C15H23NS/c1-11-5-2-3-7-14(11)16-10-13-9-12-6-4-8-15(12)17-13/h9,11,14,16H,2-8,10H2,1H3. The molecule has 1 fully saturated rings. The van der Waals surface area contributed by atoms with E-state index in [-0.39, 0.29) is 0 Å². The van der Waals surface area contributed by atoms with Crippen molar-refractivity contribution in [2.24, 2.45) is 5.92 Å². The Morgan fingerprint density at radius 2 is 2.12 bits per heavy atom. The van der Waals surface area contributed by atoms with Crippen molar-refractivity contribution in [2.45, 2.75) is 64.5 Å². The first-order chi connectivity index (χ1) is 8.33. The Hall–Kier alpha value is -0.340. The number of thiophene rings is 1. The fourth-order valence-electron chi connectivity index (χ4n) is 3.33. The lowest BCUT2D eigenvalue weighted by Crippen LogP contribution is -2.36. The summed E-state index contributed by atoms with van der Waals surface area (Å²) in [4.78, 5) is 3.23. The molecule has 1 aromatic heterocycles. The molecular formula is C15H23NS. The lowest BCUT2D eigenvalue weighted by molar-refractivity contribution is 0.280. The second-order valence-corrected chi connectivity index (χ2v) is 6.99. The van der Waals surface area contributed by atoms with E-state index in [2.05, 4.69) is 18.3 Å². The molecule has 0 radical (unpaired) electrons. The molecule has 3 rings (SSSR count). The van der Waals surface area contributed by atoms with Gasteiger partial charge in [-0.15, -0.1) is 11.3 Å². The van der Waals surface area contributed by atoms with Gasteiger partial charge < -0.3 is 5.32 Å². The van der Waals surface area contributed by atoms with E-state index in [9.17, 15) is 0 Å². The van der Waals surface area contributed by atoms with Gasteiger partial charge in [0.2, 0.25) is 0 Å². The summed E-state index contributed by atoms with van der Waals surface area (Å²) < 4.78 is 0. The Morgan fingerprint density at radius 3 is 2.94 bits per heavy atom. The quantitative estimate of drug-likeness (QED) is 0.856. The number of hydrogen-bond donors (Lipinski definition) is 1. The Kier molecular flexibility index (Phi) is 3.53. The third-order valence-electron chi connectivity index (χ3n) is 4.45. The molecule has 1 saturated carbocycles. The molecule has 0 aliphatic heterocycles. The van der Waals surface area contributed by atoms with Crippen LogP contribution < -0.4 is 5.32 Å². The maximum absolute atomic E-state index is 3.79. The van der Waals surface area contributed by atoms with Gasteiger partial charge in [0.05, 0.1) is 0 Å². The third-order valence-corrected chi connectivity index (χ3v) is 5.68. The van der Waals surface area contributed by atoms with Crippen molar-refractivity contribution in [2.75, 3.05) is 0 Å². The van der Waals surface area contributed by atoms with E-state index in [0.29, 0.717) is 0 Å². The minimum absolute atomic E-state index is 0.765. The van der Waals surface area contributed by atoms with Gasteiger partial charge in [-0.05, 0) is 49.7 Å². The van der Waals surface area contributed by atoms with Gasteiger partial charge in [-0.25, -0.2) is 0 Å². The average molecular weight is 249 g/mol. The molecule has 1 nitrogen and oxygen atoms in total. The van der Waals surface area contributed by atoms with E-state index in [0.717, 1.165) is 18.5 Å². The third kappa shape index (κ3) is 2.58. The topological polar surface area (TPSA) is 12.0 Å². The van der Waals surface area contributed by atoms with Gasteiger partial charge in [0.15, 0.2) is 0 Å². The molecule has 0 bridgehead atoms. The second-order valence-electron chi connectivity index (χ2n) is 5.76. The molecule has 2 atom stereocenters. The fourth-order valence-corrected chi connectivity index (χ4v) is 4.54. The Balaban J connectivity index is 1.56. The molecule has 0 saturated heterocycles. The number of nitrogens with one attached hydrogen (secondary N) is 1. The second kappa shape index (κ2) is 5.11. The van der Waals surface area contributed by atoms with Crippen molar-refractivity contribution < 1.29 is 0 Å². The van der Waals surface area contributed by atoms with Gasteiger partial charge >= 0.3 is 0 Å². The Labute approximate surface area is 109 Å². The average Bonchev–Trinajstić information content (AvgIpc) is 2.88. The summed E-state index contributed by atoms with van der Waals surface area (Å²) in [6.45, 7) is 3.51. The zero-order chi connectivity index (χ0) is 11.7. The van der Waals surface area contributed by atoms with Gasteiger partial charge in [-0.1, -0.05) is 19.8 Å². The molecule has 2 heteroatoms.